The van der Waals surface area contributed by atoms with Gasteiger partial charge in [0.15, 0.2) is 5.65 Å². The third-order valence-corrected chi connectivity index (χ3v) is 4.64. The summed E-state index contributed by atoms with van der Waals surface area (Å²) in [5.41, 5.74) is 1.95. The van der Waals surface area contributed by atoms with E-state index in [0.717, 1.165) is 49.3 Å². The molecule has 2 aromatic rings. The van der Waals surface area contributed by atoms with Gasteiger partial charge in [-0.25, -0.2) is 14.8 Å². The Bertz CT molecular complexity index is 728. The first-order valence-corrected chi connectivity index (χ1v) is 9.33. The number of hydrogen-bond acceptors (Lipinski definition) is 3. The number of nitrogens with zero attached hydrogens (tertiary/aromatic N) is 4. The second-order valence-electron chi connectivity index (χ2n) is 7.66. The number of hydrogen-bond donors (Lipinski definition) is 1. The van der Waals surface area contributed by atoms with Crippen LogP contribution in [-0.4, -0.2) is 44.6 Å². The van der Waals surface area contributed by atoms with E-state index in [-0.39, 0.29) is 12.1 Å². The molecule has 0 aliphatic carbocycles. The molecular weight excluding hydrogens is 314 g/mol. The van der Waals surface area contributed by atoms with Crippen LogP contribution in [0.2, 0.25) is 0 Å². The Morgan fingerprint density at radius 1 is 1.28 bits per heavy atom. The van der Waals surface area contributed by atoms with Crippen molar-refractivity contribution < 1.29 is 4.79 Å². The summed E-state index contributed by atoms with van der Waals surface area (Å²) in [5, 5.41) is 2.98. The molecule has 3 heterocycles. The molecule has 2 amide bonds. The molecule has 0 bridgehead atoms. The van der Waals surface area contributed by atoms with E-state index >= 15 is 0 Å². The highest BCUT2D eigenvalue weighted by Gasteiger charge is 2.27. The lowest BCUT2D eigenvalue weighted by Crippen LogP contribution is -2.46. The highest BCUT2D eigenvalue weighted by atomic mass is 16.2. The fourth-order valence-electron chi connectivity index (χ4n) is 3.53. The lowest BCUT2D eigenvalue weighted by Gasteiger charge is -2.34. The molecule has 0 spiro atoms. The number of amides is 2. The van der Waals surface area contributed by atoms with Gasteiger partial charge in [-0.05, 0) is 44.7 Å². The number of likely N-dealkylation sites (tertiary alicyclic amines) is 1. The second kappa shape index (κ2) is 7.42. The van der Waals surface area contributed by atoms with E-state index in [1.54, 1.807) is 0 Å². The minimum Gasteiger partial charge on any atom is -0.336 e. The SMILES string of the molecule is CC(C)Cc1nc2cccnc2n1C1CCN(C(=O)NC(C)C)CC1. The predicted octanol–water partition coefficient (Wildman–Crippen LogP) is 3.38. The van der Waals surface area contributed by atoms with Crippen molar-refractivity contribution in [1.29, 1.82) is 0 Å². The molecule has 1 aliphatic heterocycles. The number of nitrogens with one attached hydrogen (secondary N) is 1. The maximum atomic E-state index is 12.2. The first-order valence-electron chi connectivity index (χ1n) is 9.33. The normalized spacial score (nSPS) is 16.2. The number of piperidine rings is 1. The summed E-state index contributed by atoms with van der Waals surface area (Å²) in [4.78, 5) is 23.5. The van der Waals surface area contributed by atoms with Crippen molar-refractivity contribution >= 4 is 17.2 Å². The monoisotopic (exact) mass is 343 g/mol. The Morgan fingerprint density at radius 3 is 2.64 bits per heavy atom. The highest BCUT2D eigenvalue weighted by Crippen LogP contribution is 2.29. The fourth-order valence-corrected chi connectivity index (χ4v) is 3.53. The van der Waals surface area contributed by atoms with Gasteiger partial charge in [-0.3, -0.25) is 0 Å². The lowest BCUT2D eigenvalue weighted by molar-refractivity contribution is 0.169. The van der Waals surface area contributed by atoms with E-state index in [2.05, 4.69) is 28.7 Å². The molecule has 0 atom stereocenters. The summed E-state index contributed by atoms with van der Waals surface area (Å²) >= 11 is 0. The van der Waals surface area contributed by atoms with Crippen molar-refractivity contribution in [2.45, 2.75) is 59.0 Å². The van der Waals surface area contributed by atoms with Crippen LogP contribution in [0.5, 0.6) is 0 Å². The van der Waals surface area contributed by atoms with Crippen LogP contribution in [0.3, 0.4) is 0 Å². The highest BCUT2D eigenvalue weighted by molar-refractivity contribution is 5.74. The molecule has 1 fully saturated rings. The zero-order valence-electron chi connectivity index (χ0n) is 15.7. The van der Waals surface area contributed by atoms with Gasteiger partial charge in [-0.2, -0.15) is 0 Å². The predicted molar refractivity (Wildman–Crippen MR) is 99.6 cm³/mol. The van der Waals surface area contributed by atoms with Gasteiger partial charge in [-0.1, -0.05) is 13.8 Å². The molecule has 0 unspecified atom stereocenters. The summed E-state index contributed by atoms with van der Waals surface area (Å²) in [7, 11) is 0. The number of aromatic nitrogens is 3. The van der Waals surface area contributed by atoms with Crippen molar-refractivity contribution in [2.24, 2.45) is 5.92 Å². The van der Waals surface area contributed by atoms with Crippen LogP contribution in [0.25, 0.3) is 11.2 Å². The molecule has 6 nitrogen and oxygen atoms in total. The average Bonchev–Trinajstić information content (AvgIpc) is 2.91. The Hall–Kier alpha value is -2.11. The molecular formula is C19H29N5O. The van der Waals surface area contributed by atoms with Crippen LogP contribution in [0.4, 0.5) is 4.79 Å². The zero-order valence-corrected chi connectivity index (χ0v) is 15.7. The third kappa shape index (κ3) is 3.94. The van der Waals surface area contributed by atoms with Crippen LogP contribution in [0.1, 0.15) is 52.4 Å². The number of carbonyl (C=O) groups is 1. The molecule has 1 saturated heterocycles. The van der Waals surface area contributed by atoms with Gasteiger partial charge in [0, 0.05) is 37.8 Å². The molecule has 136 valence electrons. The minimum absolute atomic E-state index is 0.0458. The maximum absolute atomic E-state index is 12.2. The number of pyridine rings is 1. The Labute approximate surface area is 149 Å². The zero-order chi connectivity index (χ0) is 18.0. The molecule has 1 N–H and O–H groups in total. The summed E-state index contributed by atoms with van der Waals surface area (Å²) < 4.78 is 2.33. The van der Waals surface area contributed by atoms with Gasteiger partial charge in [-0.15, -0.1) is 0 Å². The Balaban J connectivity index is 1.79. The van der Waals surface area contributed by atoms with Gasteiger partial charge in [0.05, 0.1) is 0 Å². The topological polar surface area (TPSA) is 63.1 Å². The summed E-state index contributed by atoms with van der Waals surface area (Å²) in [6, 6.07) is 4.55. The third-order valence-electron chi connectivity index (χ3n) is 4.64. The summed E-state index contributed by atoms with van der Waals surface area (Å²) in [6.45, 7) is 9.97. The molecule has 2 aromatic heterocycles. The quantitative estimate of drug-likeness (QED) is 0.925. The van der Waals surface area contributed by atoms with E-state index in [4.69, 9.17) is 4.98 Å². The molecule has 3 rings (SSSR count). The first kappa shape index (κ1) is 17.7. The van der Waals surface area contributed by atoms with Crippen LogP contribution in [0.15, 0.2) is 18.3 Å². The van der Waals surface area contributed by atoms with Crippen LogP contribution in [-0.2, 0) is 6.42 Å². The molecule has 0 saturated carbocycles. The van der Waals surface area contributed by atoms with Crippen molar-refractivity contribution in [1.82, 2.24) is 24.8 Å². The number of urea groups is 1. The number of fused-ring (bicyclic) bond motifs is 1. The Kier molecular flexibility index (Phi) is 5.25. The largest absolute Gasteiger partial charge is 0.336 e. The molecule has 25 heavy (non-hydrogen) atoms. The van der Waals surface area contributed by atoms with Crippen molar-refractivity contribution in [3.8, 4) is 0 Å². The van der Waals surface area contributed by atoms with E-state index in [1.165, 1.54) is 0 Å². The smallest absolute Gasteiger partial charge is 0.317 e. The van der Waals surface area contributed by atoms with E-state index in [1.807, 2.05) is 37.1 Å². The summed E-state index contributed by atoms with van der Waals surface area (Å²) in [5.74, 6) is 1.67. The van der Waals surface area contributed by atoms with Gasteiger partial charge >= 0.3 is 6.03 Å². The molecule has 0 aromatic carbocycles. The summed E-state index contributed by atoms with van der Waals surface area (Å²) in [6.07, 6.45) is 4.67. The Morgan fingerprint density at radius 2 is 2.00 bits per heavy atom. The van der Waals surface area contributed by atoms with Crippen molar-refractivity contribution in [3.63, 3.8) is 0 Å². The maximum Gasteiger partial charge on any atom is 0.317 e. The molecule has 0 radical (unpaired) electrons. The second-order valence-corrected chi connectivity index (χ2v) is 7.66. The fraction of sp³-hybridized carbons (Fsp3) is 0.632. The van der Waals surface area contributed by atoms with Gasteiger partial charge < -0.3 is 14.8 Å². The van der Waals surface area contributed by atoms with E-state index in [9.17, 15) is 4.79 Å². The number of rotatable bonds is 4. The minimum atomic E-state index is 0.0458. The van der Waals surface area contributed by atoms with Crippen LogP contribution >= 0.6 is 0 Å². The number of imidazole rings is 1. The lowest BCUT2D eigenvalue weighted by atomic mass is 10.0. The van der Waals surface area contributed by atoms with Gasteiger partial charge in [0.1, 0.15) is 11.3 Å². The van der Waals surface area contributed by atoms with Gasteiger partial charge in [0.25, 0.3) is 0 Å². The van der Waals surface area contributed by atoms with E-state index < -0.39 is 0 Å². The number of carbonyl (C=O) groups excluding carboxylic acids is 1. The average molecular weight is 343 g/mol. The van der Waals surface area contributed by atoms with Gasteiger partial charge in [0.2, 0.25) is 0 Å². The van der Waals surface area contributed by atoms with Crippen molar-refractivity contribution in [3.05, 3.63) is 24.2 Å². The van der Waals surface area contributed by atoms with Crippen LogP contribution in [0, 0.1) is 5.92 Å². The van der Waals surface area contributed by atoms with Crippen molar-refractivity contribution in [2.75, 3.05) is 13.1 Å². The van der Waals surface area contributed by atoms with Crippen LogP contribution < -0.4 is 5.32 Å². The molecule has 1 aliphatic rings. The molecule has 6 heteroatoms. The first-order chi connectivity index (χ1) is 12.0. The standard InChI is InChI=1S/C19H29N5O/c1-13(2)12-17-22-16-6-5-9-20-18(16)24(17)15-7-10-23(11-8-15)19(25)21-14(3)4/h5-6,9,13-15H,7-8,10-12H2,1-4H3,(H,21,25). The van der Waals surface area contributed by atoms with E-state index in [0.29, 0.717) is 12.0 Å².